The van der Waals surface area contributed by atoms with Crippen LogP contribution in [0.2, 0.25) is 0 Å². The van der Waals surface area contributed by atoms with Gasteiger partial charge in [-0.05, 0) is 24.3 Å². The molecule has 2 rings (SSSR count). The highest BCUT2D eigenvalue weighted by Crippen LogP contribution is 2.02. The quantitative estimate of drug-likeness (QED) is 0.734. The number of carbonyl (C=O) groups excluding carboxylic acids is 1. The van der Waals surface area contributed by atoms with Crippen LogP contribution >= 0.6 is 0 Å². The number of aromatic nitrogens is 2. The molecular weight excluding hydrogens is 225 g/mol. The van der Waals surface area contributed by atoms with Crippen LogP contribution in [-0.4, -0.2) is 16.1 Å². The second-order valence-corrected chi connectivity index (χ2v) is 3.47. The zero-order chi connectivity index (χ0) is 12.3. The van der Waals surface area contributed by atoms with Gasteiger partial charge in [-0.3, -0.25) is 14.7 Å². The minimum atomic E-state index is -0.392. The fourth-order valence-electron chi connectivity index (χ4n) is 1.35. The molecule has 2 aromatic rings. The molecule has 0 aliphatic rings. The van der Waals surface area contributed by atoms with E-state index in [9.17, 15) is 14.0 Å². The first-order valence-electron chi connectivity index (χ1n) is 4.95. The Morgan fingerprint density at radius 1 is 1.24 bits per heavy atom. The average Bonchev–Trinajstić information content (AvgIpc) is 2.73. The van der Waals surface area contributed by atoms with E-state index < -0.39 is 5.82 Å². The van der Waals surface area contributed by atoms with Gasteiger partial charge in [0.05, 0.1) is 12.2 Å². The molecule has 0 unspecified atom stereocenters. The van der Waals surface area contributed by atoms with Gasteiger partial charge < -0.3 is 10.4 Å². The number of amides is 1. The van der Waals surface area contributed by atoms with E-state index in [4.69, 9.17) is 0 Å². The summed E-state index contributed by atoms with van der Waals surface area (Å²) in [6.07, 6.45) is 0. The Bertz CT molecular complexity index is 571. The molecule has 0 spiro atoms. The van der Waals surface area contributed by atoms with Crippen molar-refractivity contribution in [3.8, 4) is 0 Å². The first-order valence-corrected chi connectivity index (χ1v) is 4.95. The smallest absolute Gasteiger partial charge is 0.264 e. The molecule has 1 amide bonds. The van der Waals surface area contributed by atoms with E-state index in [1.165, 1.54) is 30.3 Å². The Kier molecular flexibility index (Phi) is 3.04. The van der Waals surface area contributed by atoms with E-state index in [1.807, 2.05) is 0 Å². The number of benzene rings is 1. The van der Waals surface area contributed by atoms with Crippen LogP contribution in [0.1, 0.15) is 16.1 Å². The lowest BCUT2D eigenvalue weighted by Crippen LogP contribution is -2.22. The molecule has 1 heterocycles. The molecular formula is C11H10FN3O2. The Morgan fingerprint density at radius 3 is 2.53 bits per heavy atom. The largest absolute Gasteiger partial charge is 0.346 e. The Hall–Kier alpha value is -2.37. The van der Waals surface area contributed by atoms with Crippen molar-refractivity contribution >= 4 is 5.91 Å². The topological polar surface area (TPSA) is 77.8 Å². The van der Waals surface area contributed by atoms with Gasteiger partial charge in [0.15, 0.2) is 0 Å². The van der Waals surface area contributed by atoms with E-state index in [1.54, 1.807) is 0 Å². The molecule has 0 aliphatic carbocycles. The summed E-state index contributed by atoms with van der Waals surface area (Å²) in [7, 11) is 0. The summed E-state index contributed by atoms with van der Waals surface area (Å²) in [6, 6.07) is 6.57. The summed E-state index contributed by atoms with van der Waals surface area (Å²) in [5, 5.41) is 7.56. The summed E-state index contributed by atoms with van der Waals surface area (Å²) in [5.74, 6) is -0.719. The van der Waals surface area contributed by atoms with E-state index in [-0.39, 0.29) is 18.0 Å². The molecule has 0 radical (unpaired) electrons. The van der Waals surface area contributed by atoms with Crippen molar-refractivity contribution in [3.63, 3.8) is 0 Å². The highest BCUT2D eigenvalue weighted by Gasteiger charge is 2.05. The van der Waals surface area contributed by atoms with Crippen LogP contribution in [0, 0.1) is 5.82 Å². The number of halogens is 1. The normalized spacial score (nSPS) is 10.2. The molecule has 0 bridgehead atoms. The number of rotatable bonds is 3. The number of aromatic amines is 2. The van der Waals surface area contributed by atoms with Gasteiger partial charge in [0.25, 0.3) is 11.5 Å². The molecule has 0 saturated carbocycles. The van der Waals surface area contributed by atoms with E-state index >= 15 is 0 Å². The maximum atomic E-state index is 12.6. The van der Waals surface area contributed by atoms with Crippen molar-refractivity contribution in [2.24, 2.45) is 0 Å². The number of hydrogen-bond donors (Lipinski definition) is 3. The van der Waals surface area contributed by atoms with Gasteiger partial charge in [-0.1, -0.05) is 0 Å². The van der Waals surface area contributed by atoms with Crippen molar-refractivity contribution in [1.29, 1.82) is 0 Å². The molecule has 0 saturated heterocycles. The Morgan fingerprint density at radius 2 is 1.94 bits per heavy atom. The number of carbonyl (C=O) groups is 1. The molecule has 88 valence electrons. The van der Waals surface area contributed by atoms with Crippen molar-refractivity contribution in [2.75, 3.05) is 0 Å². The van der Waals surface area contributed by atoms with Crippen LogP contribution in [0.5, 0.6) is 0 Å². The molecule has 1 aromatic carbocycles. The van der Waals surface area contributed by atoms with Gasteiger partial charge >= 0.3 is 0 Å². The molecule has 17 heavy (non-hydrogen) atoms. The lowest BCUT2D eigenvalue weighted by molar-refractivity contribution is 0.0950. The van der Waals surface area contributed by atoms with Crippen LogP contribution in [0.4, 0.5) is 4.39 Å². The maximum Gasteiger partial charge on any atom is 0.264 e. The van der Waals surface area contributed by atoms with Gasteiger partial charge in [-0.25, -0.2) is 4.39 Å². The zero-order valence-electron chi connectivity index (χ0n) is 8.79. The molecule has 0 aliphatic heterocycles. The minimum Gasteiger partial charge on any atom is -0.346 e. The second kappa shape index (κ2) is 4.65. The van der Waals surface area contributed by atoms with Gasteiger partial charge in [0, 0.05) is 11.6 Å². The average molecular weight is 235 g/mol. The van der Waals surface area contributed by atoms with E-state index in [0.29, 0.717) is 11.3 Å². The minimum absolute atomic E-state index is 0.203. The summed E-state index contributed by atoms with van der Waals surface area (Å²) >= 11 is 0. The predicted molar refractivity (Wildman–Crippen MR) is 59.0 cm³/mol. The SMILES string of the molecule is O=C(NCc1cc(=O)[nH][nH]1)c1ccc(F)cc1. The number of H-pyrrole nitrogens is 2. The molecule has 1 aromatic heterocycles. The highest BCUT2D eigenvalue weighted by atomic mass is 19.1. The first-order chi connectivity index (χ1) is 8.15. The first kappa shape index (κ1) is 11.1. The molecule has 3 N–H and O–H groups in total. The Labute approximate surface area is 95.7 Å². The standard InChI is InChI=1S/C11H10FN3O2/c12-8-3-1-7(2-4-8)11(17)13-6-9-5-10(16)15-14-9/h1-5H,6H2,(H,13,17)(H2,14,15,16). The van der Waals surface area contributed by atoms with Crippen LogP contribution in [-0.2, 0) is 6.54 Å². The van der Waals surface area contributed by atoms with Crippen molar-refractivity contribution in [3.05, 3.63) is 57.8 Å². The van der Waals surface area contributed by atoms with Crippen molar-refractivity contribution in [1.82, 2.24) is 15.5 Å². The second-order valence-electron chi connectivity index (χ2n) is 3.47. The third-order valence-corrected chi connectivity index (χ3v) is 2.20. The monoisotopic (exact) mass is 235 g/mol. The molecule has 5 nitrogen and oxygen atoms in total. The zero-order valence-corrected chi connectivity index (χ0v) is 8.79. The summed E-state index contributed by atoms with van der Waals surface area (Å²) in [6.45, 7) is 0.203. The van der Waals surface area contributed by atoms with E-state index in [2.05, 4.69) is 15.5 Å². The summed E-state index contributed by atoms with van der Waals surface area (Å²) in [5.41, 5.74) is 0.686. The number of nitrogens with one attached hydrogen (secondary N) is 3. The fourth-order valence-corrected chi connectivity index (χ4v) is 1.35. The summed E-state index contributed by atoms with van der Waals surface area (Å²) in [4.78, 5) is 22.4. The predicted octanol–water partition coefficient (Wildman–Crippen LogP) is 0.772. The van der Waals surface area contributed by atoms with E-state index in [0.717, 1.165) is 0 Å². The summed E-state index contributed by atoms with van der Waals surface area (Å²) < 4.78 is 12.6. The highest BCUT2D eigenvalue weighted by molar-refractivity contribution is 5.94. The van der Waals surface area contributed by atoms with Crippen molar-refractivity contribution < 1.29 is 9.18 Å². The van der Waals surface area contributed by atoms with Crippen LogP contribution in [0.15, 0.2) is 35.1 Å². The van der Waals surface area contributed by atoms with Gasteiger partial charge in [-0.2, -0.15) is 0 Å². The lowest BCUT2D eigenvalue weighted by Gasteiger charge is -2.03. The number of hydrogen-bond acceptors (Lipinski definition) is 2. The Balaban J connectivity index is 1.98. The lowest BCUT2D eigenvalue weighted by atomic mass is 10.2. The van der Waals surface area contributed by atoms with Crippen LogP contribution < -0.4 is 10.9 Å². The van der Waals surface area contributed by atoms with Crippen LogP contribution in [0.25, 0.3) is 0 Å². The van der Waals surface area contributed by atoms with Gasteiger partial charge in [-0.15, -0.1) is 0 Å². The maximum absolute atomic E-state index is 12.6. The van der Waals surface area contributed by atoms with Gasteiger partial charge in [0.2, 0.25) is 0 Å². The molecule has 6 heteroatoms. The fraction of sp³-hybridized carbons (Fsp3) is 0.0909. The molecule has 0 atom stereocenters. The third-order valence-electron chi connectivity index (χ3n) is 2.20. The van der Waals surface area contributed by atoms with Gasteiger partial charge in [0.1, 0.15) is 5.82 Å². The van der Waals surface area contributed by atoms with Crippen LogP contribution in [0.3, 0.4) is 0 Å². The van der Waals surface area contributed by atoms with Crippen molar-refractivity contribution in [2.45, 2.75) is 6.54 Å². The third kappa shape index (κ3) is 2.81. The molecule has 0 fully saturated rings.